The number of hydrogen-bond acceptors (Lipinski definition) is 4. The smallest absolute Gasteiger partial charge is 0.233 e. The second kappa shape index (κ2) is 7.59. The van der Waals surface area contributed by atoms with E-state index >= 15 is 0 Å². The van der Waals surface area contributed by atoms with Crippen LogP contribution in [-0.4, -0.2) is 42.2 Å². The molecule has 0 saturated carbocycles. The van der Waals surface area contributed by atoms with Crippen LogP contribution < -0.4 is 4.74 Å². The number of nitrogens with zero attached hydrogens (tertiary/aromatic N) is 2. The summed E-state index contributed by atoms with van der Waals surface area (Å²) in [6.07, 6.45) is 5.27. The number of hydrogen-bond donors (Lipinski definition) is 0. The third-order valence-electron chi connectivity index (χ3n) is 3.93. The van der Waals surface area contributed by atoms with Crippen molar-refractivity contribution < 1.29 is 9.47 Å². The molecule has 0 N–H and O–H groups in total. The van der Waals surface area contributed by atoms with Gasteiger partial charge in [-0.1, -0.05) is 12.1 Å². The molecule has 0 aliphatic carbocycles. The van der Waals surface area contributed by atoms with Crippen molar-refractivity contribution in [3.05, 3.63) is 53.9 Å². The first-order valence-corrected chi connectivity index (χ1v) is 9.17. The standard InChI is InChI=1S/C18H22N2O2S/c1-21-16-7-5-14(6-8-16)12-20-10-3-4-17(20)18-19-15(13-22-18)9-11-23-2/h3-8,10,15H,9,11-13H2,1-2H3. The molecule has 0 saturated heterocycles. The van der Waals surface area contributed by atoms with Crippen molar-refractivity contribution in [2.75, 3.05) is 25.7 Å². The van der Waals surface area contributed by atoms with E-state index in [1.807, 2.05) is 30.0 Å². The van der Waals surface area contributed by atoms with Crippen LogP contribution in [0, 0.1) is 0 Å². The Morgan fingerprint density at radius 1 is 1.30 bits per heavy atom. The molecule has 1 atom stereocenters. The zero-order valence-electron chi connectivity index (χ0n) is 13.6. The predicted molar refractivity (Wildman–Crippen MR) is 95.8 cm³/mol. The van der Waals surface area contributed by atoms with Crippen LogP contribution >= 0.6 is 11.8 Å². The Hall–Kier alpha value is -1.88. The molecule has 2 aromatic rings. The van der Waals surface area contributed by atoms with Gasteiger partial charge in [-0.2, -0.15) is 11.8 Å². The molecule has 122 valence electrons. The summed E-state index contributed by atoms with van der Waals surface area (Å²) in [4.78, 5) is 4.74. The Bertz CT molecular complexity index is 664. The fourth-order valence-electron chi connectivity index (χ4n) is 2.63. The second-order valence-electron chi connectivity index (χ2n) is 5.55. The first-order valence-electron chi connectivity index (χ1n) is 7.78. The van der Waals surface area contributed by atoms with Crippen molar-refractivity contribution in [1.82, 2.24) is 4.57 Å². The average Bonchev–Trinajstić information content (AvgIpc) is 3.22. The van der Waals surface area contributed by atoms with Crippen LogP contribution in [0.1, 0.15) is 17.7 Å². The van der Waals surface area contributed by atoms with E-state index in [0.29, 0.717) is 12.6 Å². The summed E-state index contributed by atoms with van der Waals surface area (Å²) in [5, 5.41) is 0. The molecular weight excluding hydrogens is 308 g/mol. The lowest BCUT2D eigenvalue weighted by Crippen LogP contribution is -2.10. The van der Waals surface area contributed by atoms with Gasteiger partial charge in [0, 0.05) is 12.7 Å². The Morgan fingerprint density at radius 3 is 2.87 bits per heavy atom. The molecule has 0 radical (unpaired) electrons. The minimum Gasteiger partial charge on any atom is -0.497 e. The fourth-order valence-corrected chi connectivity index (χ4v) is 3.14. The summed E-state index contributed by atoms with van der Waals surface area (Å²) in [6.45, 7) is 1.49. The molecule has 4 nitrogen and oxygen atoms in total. The van der Waals surface area contributed by atoms with Crippen molar-refractivity contribution in [2.24, 2.45) is 4.99 Å². The Balaban J connectivity index is 1.72. The molecule has 1 aliphatic heterocycles. The van der Waals surface area contributed by atoms with E-state index in [0.717, 1.165) is 36.1 Å². The van der Waals surface area contributed by atoms with Gasteiger partial charge < -0.3 is 14.0 Å². The molecule has 1 aromatic carbocycles. The maximum atomic E-state index is 5.82. The lowest BCUT2D eigenvalue weighted by Gasteiger charge is -2.09. The lowest BCUT2D eigenvalue weighted by atomic mass is 10.2. The number of rotatable bonds is 7. The highest BCUT2D eigenvalue weighted by molar-refractivity contribution is 7.98. The van der Waals surface area contributed by atoms with E-state index in [9.17, 15) is 0 Å². The Labute approximate surface area is 141 Å². The summed E-state index contributed by atoms with van der Waals surface area (Å²) in [7, 11) is 1.68. The van der Waals surface area contributed by atoms with Crippen LogP contribution in [0.2, 0.25) is 0 Å². The van der Waals surface area contributed by atoms with Crippen molar-refractivity contribution in [3.63, 3.8) is 0 Å². The Kier molecular flexibility index (Phi) is 5.28. The maximum Gasteiger partial charge on any atom is 0.233 e. The molecule has 0 spiro atoms. The van der Waals surface area contributed by atoms with Crippen LogP contribution in [0.4, 0.5) is 0 Å². The molecule has 1 aromatic heterocycles. The first kappa shape index (κ1) is 16.0. The maximum absolute atomic E-state index is 5.82. The number of benzene rings is 1. The number of aromatic nitrogens is 1. The quantitative estimate of drug-likeness (QED) is 0.780. The first-order chi connectivity index (χ1) is 11.3. The van der Waals surface area contributed by atoms with Gasteiger partial charge >= 0.3 is 0 Å². The minimum absolute atomic E-state index is 0.293. The highest BCUT2D eigenvalue weighted by Gasteiger charge is 2.21. The number of thioether (sulfide) groups is 1. The van der Waals surface area contributed by atoms with E-state index in [1.54, 1.807) is 7.11 Å². The topological polar surface area (TPSA) is 35.8 Å². The SMILES string of the molecule is COc1ccc(Cn2cccc2C2=NC(CCSC)CO2)cc1. The summed E-state index contributed by atoms with van der Waals surface area (Å²) in [5.41, 5.74) is 2.27. The Morgan fingerprint density at radius 2 is 2.13 bits per heavy atom. The molecule has 23 heavy (non-hydrogen) atoms. The predicted octanol–water partition coefficient (Wildman–Crippen LogP) is 3.44. The summed E-state index contributed by atoms with van der Waals surface area (Å²) < 4.78 is 13.2. The number of ether oxygens (including phenoxy) is 2. The van der Waals surface area contributed by atoms with Crippen LogP contribution in [-0.2, 0) is 11.3 Å². The van der Waals surface area contributed by atoms with Gasteiger partial charge in [-0.25, -0.2) is 4.99 Å². The van der Waals surface area contributed by atoms with Gasteiger partial charge in [0.25, 0.3) is 0 Å². The second-order valence-corrected chi connectivity index (χ2v) is 6.54. The monoisotopic (exact) mass is 330 g/mol. The number of methoxy groups -OCH3 is 1. The van der Waals surface area contributed by atoms with Crippen LogP contribution in [0.5, 0.6) is 5.75 Å². The van der Waals surface area contributed by atoms with E-state index in [-0.39, 0.29) is 0 Å². The molecule has 3 rings (SSSR count). The van der Waals surface area contributed by atoms with E-state index in [4.69, 9.17) is 14.5 Å². The van der Waals surface area contributed by atoms with Crippen LogP contribution in [0.3, 0.4) is 0 Å². The van der Waals surface area contributed by atoms with Gasteiger partial charge in [0.15, 0.2) is 0 Å². The normalized spacial score (nSPS) is 17.0. The molecule has 0 amide bonds. The molecular formula is C18H22N2O2S. The van der Waals surface area contributed by atoms with Gasteiger partial charge in [-0.15, -0.1) is 0 Å². The summed E-state index contributed by atoms with van der Waals surface area (Å²) in [5.74, 6) is 2.77. The van der Waals surface area contributed by atoms with Gasteiger partial charge in [-0.05, 0) is 48.3 Å². The summed E-state index contributed by atoms with van der Waals surface area (Å²) in [6, 6.07) is 12.5. The van der Waals surface area contributed by atoms with Gasteiger partial charge in [-0.3, -0.25) is 0 Å². The summed E-state index contributed by atoms with van der Waals surface area (Å²) >= 11 is 1.85. The van der Waals surface area contributed by atoms with Crippen molar-refractivity contribution in [2.45, 2.75) is 19.0 Å². The zero-order valence-corrected chi connectivity index (χ0v) is 14.4. The fraction of sp³-hybridized carbons (Fsp3) is 0.389. The molecule has 1 unspecified atom stereocenters. The number of aliphatic imine (C=N–C) groups is 1. The molecule has 5 heteroatoms. The molecule has 1 aliphatic rings. The third kappa shape index (κ3) is 3.91. The van der Waals surface area contributed by atoms with Gasteiger partial charge in [0.2, 0.25) is 5.90 Å². The minimum atomic E-state index is 0.293. The van der Waals surface area contributed by atoms with Crippen molar-refractivity contribution in [3.8, 4) is 5.75 Å². The lowest BCUT2D eigenvalue weighted by molar-refractivity contribution is 0.314. The van der Waals surface area contributed by atoms with Crippen molar-refractivity contribution >= 4 is 17.7 Å². The van der Waals surface area contributed by atoms with Gasteiger partial charge in [0.05, 0.1) is 13.2 Å². The average molecular weight is 330 g/mol. The zero-order chi connectivity index (χ0) is 16.1. The van der Waals surface area contributed by atoms with Crippen molar-refractivity contribution in [1.29, 1.82) is 0 Å². The van der Waals surface area contributed by atoms with Crippen LogP contribution in [0.15, 0.2) is 47.6 Å². The van der Waals surface area contributed by atoms with Gasteiger partial charge in [0.1, 0.15) is 18.1 Å². The third-order valence-corrected chi connectivity index (χ3v) is 4.57. The molecule has 0 fully saturated rings. The van der Waals surface area contributed by atoms with Crippen LogP contribution in [0.25, 0.3) is 0 Å². The largest absolute Gasteiger partial charge is 0.497 e. The highest BCUT2D eigenvalue weighted by atomic mass is 32.2. The molecule has 2 heterocycles. The van der Waals surface area contributed by atoms with E-state index in [2.05, 4.69) is 35.2 Å². The van der Waals surface area contributed by atoms with E-state index < -0.39 is 0 Å². The van der Waals surface area contributed by atoms with E-state index in [1.165, 1.54) is 5.56 Å². The molecule has 0 bridgehead atoms. The highest BCUT2D eigenvalue weighted by Crippen LogP contribution is 2.18.